The highest BCUT2D eigenvalue weighted by Gasteiger charge is 2.25. The first-order valence-corrected chi connectivity index (χ1v) is 12.8. The van der Waals surface area contributed by atoms with Crippen molar-refractivity contribution in [2.24, 2.45) is 11.0 Å². The lowest BCUT2D eigenvalue weighted by Gasteiger charge is -2.22. The number of carbonyl (C=O) groups is 2. The van der Waals surface area contributed by atoms with Crippen LogP contribution in [0.5, 0.6) is 11.5 Å². The molecule has 38 heavy (non-hydrogen) atoms. The topological polar surface area (TPSA) is 89.0 Å². The van der Waals surface area contributed by atoms with Crippen molar-refractivity contribution in [1.82, 2.24) is 10.7 Å². The summed E-state index contributed by atoms with van der Waals surface area (Å²) in [5.74, 6) is 2.48. The van der Waals surface area contributed by atoms with Gasteiger partial charge in [0.05, 0.1) is 11.2 Å². The van der Waals surface area contributed by atoms with Crippen molar-refractivity contribution in [3.8, 4) is 23.8 Å². The number of hydrazone groups is 1. The van der Waals surface area contributed by atoms with E-state index in [0.29, 0.717) is 28.5 Å². The Labute approximate surface area is 232 Å². The molecule has 0 aliphatic heterocycles. The molecule has 0 aromatic heterocycles. The predicted molar refractivity (Wildman–Crippen MR) is 152 cm³/mol. The Kier molecular flexibility index (Phi) is 10.4. The SMILES string of the molecule is C#CCOc1ccc2ccccc2c1/C=N\NC(=O)[C@H](CC(C)C)NC(=O)[C@@H](C)Oc1ccc(Cl)cc1Cl. The van der Waals surface area contributed by atoms with Crippen LogP contribution >= 0.6 is 23.2 Å². The van der Waals surface area contributed by atoms with Gasteiger partial charge < -0.3 is 14.8 Å². The van der Waals surface area contributed by atoms with Gasteiger partial charge in [0, 0.05) is 10.6 Å². The molecule has 0 unspecified atom stereocenters. The molecule has 0 radical (unpaired) electrons. The van der Waals surface area contributed by atoms with Crippen LogP contribution in [0, 0.1) is 18.3 Å². The number of ether oxygens (including phenoxy) is 2. The molecule has 3 aromatic carbocycles. The van der Waals surface area contributed by atoms with Crippen LogP contribution in [0.15, 0.2) is 59.7 Å². The summed E-state index contributed by atoms with van der Waals surface area (Å²) < 4.78 is 11.3. The fourth-order valence-electron chi connectivity index (χ4n) is 3.70. The van der Waals surface area contributed by atoms with E-state index < -0.39 is 24.0 Å². The molecule has 0 spiro atoms. The molecule has 2 atom stereocenters. The standard InChI is InChI=1S/C29H29Cl2N3O4/c1-5-14-37-26-12-10-20-8-6-7-9-22(20)23(26)17-32-34-29(36)25(15-18(2)3)33-28(35)19(4)38-27-13-11-21(30)16-24(27)31/h1,6-13,16-19,25H,14-15H2,2-4H3,(H,33,35)(H,34,36)/b32-17-/t19-,25+/m1/s1. The molecule has 9 heteroatoms. The minimum absolute atomic E-state index is 0.0928. The molecule has 0 heterocycles. The molecule has 0 saturated carbocycles. The van der Waals surface area contributed by atoms with Crippen LogP contribution < -0.4 is 20.2 Å². The Balaban J connectivity index is 1.72. The number of hydrogen-bond donors (Lipinski definition) is 2. The number of terminal acetylenes is 1. The molecule has 0 bridgehead atoms. The molecule has 0 fully saturated rings. The Morgan fingerprint density at radius 3 is 2.50 bits per heavy atom. The molecule has 0 saturated heterocycles. The van der Waals surface area contributed by atoms with Crippen LogP contribution in [0.3, 0.4) is 0 Å². The van der Waals surface area contributed by atoms with Gasteiger partial charge in [-0.05, 0) is 54.3 Å². The normalized spacial score (nSPS) is 12.7. The fourth-order valence-corrected chi connectivity index (χ4v) is 4.15. The minimum atomic E-state index is -0.911. The van der Waals surface area contributed by atoms with Crippen LogP contribution in [-0.4, -0.2) is 36.8 Å². The number of rotatable bonds is 11. The van der Waals surface area contributed by atoms with E-state index in [1.54, 1.807) is 25.1 Å². The van der Waals surface area contributed by atoms with Gasteiger partial charge in [0.1, 0.15) is 24.1 Å². The van der Waals surface area contributed by atoms with Crippen LogP contribution in [0.4, 0.5) is 0 Å². The van der Waals surface area contributed by atoms with Gasteiger partial charge in [0.25, 0.3) is 11.8 Å². The second-order valence-electron chi connectivity index (χ2n) is 8.95. The summed E-state index contributed by atoms with van der Waals surface area (Å²) in [6.45, 7) is 5.57. The van der Waals surface area contributed by atoms with Gasteiger partial charge in [0.15, 0.2) is 6.10 Å². The fraction of sp³-hybridized carbons (Fsp3) is 0.276. The molecule has 0 aliphatic rings. The van der Waals surface area contributed by atoms with Crippen LogP contribution in [0.25, 0.3) is 10.8 Å². The third-order valence-corrected chi connectivity index (χ3v) is 6.05. The Morgan fingerprint density at radius 2 is 1.79 bits per heavy atom. The first kappa shape index (κ1) is 28.8. The Morgan fingerprint density at radius 1 is 1.05 bits per heavy atom. The second-order valence-corrected chi connectivity index (χ2v) is 9.79. The van der Waals surface area contributed by atoms with Gasteiger partial charge in [-0.2, -0.15) is 5.10 Å². The smallest absolute Gasteiger partial charge is 0.262 e. The maximum absolute atomic E-state index is 13.0. The van der Waals surface area contributed by atoms with Gasteiger partial charge >= 0.3 is 0 Å². The van der Waals surface area contributed by atoms with E-state index in [-0.39, 0.29) is 17.5 Å². The van der Waals surface area contributed by atoms with Gasteiger partial charge in [-0.3, -0.25) is 9.59 Å². The van der Waals surface area contributed by atoms with E-state index in [9.17, 15) is 9.59 Å². The molecule has 3 rings (SSSR count). The van der Waals surface area contributed by atoms with E-state index in [1.165, 1.54) is 12.3 Å². The Bertz CT molecular complexity index is 1370. The molecular weight excluding hydrogens is 525 g/mol. The average molecular weight is 554 g/mol. The van der Waals surface area contributed by atoms with Crippen molar-refractivity contribution < 1.29 is 19.1 Å². The summed E-state index contributed by atoms with van der Waals surface area (Å²) >= 11 is 12.1. The summed E-state index contributed by atoms with van der Waals surface area (Å²) in [5, 5.41) is 9.51. The number of carbonyl (C=O) groups excluding carboxylic acids is 2. The molecule has 0 aliphatic carbocycles. The Hall–Kier alpha value is -3.73. The predicted octanol–water partition coefficient (Wildman–Crippen LogP) is 5.61. The minimum Gasteiger partial charge on any atom is -0.480 e. The van der Waals surface area contributed by atoms with E-state index >= 15 is 0 Å². The van der Waals surface area contributed by atoms with E-state index in [4.69, 9.17) is 39.1 Å². The molecule has 7 nitrogen and oxygen atoms in total. The van der Waals surface area contributed by atoms with Crippen LogP contribution in [0.2, 0.25) is 10.0 Å². The highest BCUT2D eigenvalue weighted by atomic mass is 35.5. The van der Waals surface area contributed by atoms with Crippen molar-refractivity contribution >= 4 is 52.0 Å². The van der Waals surface area contributed by atoms with Crippen molar-refractivity contribution in [2.75, 3.05) is 6.61 Å². The number of nitrogens with zero attached hydrogens (tertiary/aromatic N) is 1. The number of hydrogen-bond acceptors (Lipinski definition) is 5. The molecule has 2 N–H and O–H groups in total. The number of fused-ring (bicyclic) bond motifs is 1. The lowest BCUT2D eigenvalue weighted by Crippen LogP contribution is -2.49. The number of benzene rings is 3. The van der Waals surface area contributed by atoms with Gasteiger partial charge in [-0.15, -0.1) is 6.42 Å². The van der Waals surface area contributed by atoms with E-state index in [2.05, 4.69) is 21.8 Å². The van der Waals surface area contributed by atoms with Gasteiger partial charge in [-0.1, -0.05) is 73.3 Å². The lowest BCUT2D eigenvalue weighted by molar-refractivity contribution is -0.132. The molecule has 2 amide bonds. The summed E-state index contributed by atoms with van der Waals surface area (Å²) in [6, 6.07) is 15.3. The average Bonchev–Trinajstić information content (AvgIpc) is 2.88. The summed E-state index contributed by atoms with van der Waals surface area (Å²) in [5.41, 5.74) is 3.21. The zero-order valence-electron chi connectivity index (χ0n) is 21.3. The summed E-state index contributed by atoms with van der Waals surface area (Å²) in [6.07, 6.45) is 6.34. The van der Waals surface area contributed by atoms with E-state index in [1.807, 2.05) is 44.2 Å². The van der Waals surface area contributed by atoms with Crippen molar-refractivity contribution in [1.29, 1.82) is 0 Å². The van der Waals surface area contributed by atoms with Crippen LogP contribution in [0.1, 0.15) is 32.8 Å². The third-order valence-electron chi connectivity index (χ3n) is 5.52. The van der Waals surface area contributed by atoms with Gasteiger partial charge in [0.2, 0.25) is 0 Å². The monoisotopic (exact) mass is 553 g/mol. The first-order valence-electron chi connectivity index (χ1n) is 12.0. The zero-order valence-corrected chi connectivity index (χ0v) is 22.8. The largest absolute Gasteiger partial charge is 0.480 e. The lowest BCUT2D eigenvalue weighted by atomic mass is 10.0. The third kappa shape index (κ3) is 7.88. The summed E-state index contributed by atoms with van der Waals surface area (Å²) in [4.78, 5) is 25.9. The highest BCUT2D eigenvalue weighted by molar-refractivity contribution is 6.35. The quantitative estimate of drug-likeness (QED) is 0.183. The molecule has 198 valence electrons. The maximum atomic E-state index is 13.0. The molecule has 3 aromatic rings. The number of amides is 2. The first-order chi connectivity index (χ1) is 18.2. The maximum Gasteiger partial charge on any atom is 0.262 e. The number of nitrogens with one attached hydrogen (secondary N) is 2. The van der Waals surface area contributed by atoms with Crippen LogP contribution in [-0.2, 0) is 9.59 Å². The van der Waals surface area contributed by atoms with Gasteiger partial charge in [-0.25, -0.2) is 5.43 Å². The zero-order chi connectivity index (χ0) is 27.7. The summed E-state index contributed by atoms with van der Waals surface area (Å²) in [7, 11) is 0. The van der Waals surface area contributed by atoms with Crippen molar-refractivity contribution in [2.45, 2.75) is 39.3 Å². The van der Waals surface area contributed by atoms with E-state index in [0.717, 1.165) is 10.8 Å². The molecular formula is C29H29Cl2N3O4. The van der Waals surface area contributed by atoms with Crippen molar-refractivity contribution in [3.05, 3.63) is 70.2 Å². The second kappa shape index (κ2) is 13.7. The number of halogens is 2. The highest BCUT2D eigenvalue weighted by Crippen LogP contribution is 2.29. The van der Waals surface area contributed by atoms with Crippen molar-refractivity contribution in [3.63, 3.8) is 0 Å².